The SMILES string of the molecule is Cc1cc(C(F)(F)F)n2nc(C(=O)Nc3nn(Cc4c(F)cccc4Cl)cc3Br)c(Br)c2n1. The summed E-state index contributed by atoms with van der Waals surface area (Å²) < 4.78 is 56.6. The number of halogens is 7. The molecule has 1 N–H and O–H groups in total. The summed E-state index contributed by atoms with van der Waals surface area (Å²) in [6.07, 6.45) is -3.22. The van der Waals surface area contributed by atoms with Crippen LogP contribution in [0.1, 0.15) is 27.4 Å². The van der Waals surface area contributed by atoms with Crippen LogP contribution in [-0.4, -0.2) is 30.3 Å². The number of carbonyl (C=O) groups is 1. The first-order valence-electron chi connectivity index (χ1n) is 9.06. The minimum atomic E-state index is -4.71. The highest BCUT2D eigenvalue weighted by Crippen LogP contribution is 2.33. The molecule has 14 heteroatoms. The number of fused-ring (bicyclic) bond motifs is 1. The third kappa shape index (κ3) is 4.62. The van der Waals surface area contributed by atoms with Gasteiger partial charge in [0.2, 0.25) is 0 Å². The summed E-state index contributed by atoms with van der Waals surface area (Å²) in [5.41, 5.74) is -1.24. The molecule has 0 radical (unpaired) electrons. The van der Waals surface area contributed by atoms with Crippen molar-refractivity contribution in [3.8, 4) is 0 Å². The first-order valence-corrected chi connectivity index (χ1v) is 11.0. The maximum Gasteiger partial charge on any atom is 0.433 e. The fraction of sp³-hybridized carbons (Fsp3) is 0.158. The Morgan fingerprint density at radius 1 is 1.24 bits per heavy atom. The predicted molar refractivity (Wildman–Crippen MR) is 119 cm³/mol. The van der Waals surface area contributed by atoms with E-state index >= 15 is 0 Å². The Bertz CT molecular complexity index is 1380. The molecule has 0 aliphatic rings. The first kappa shape index (κ1) is 23.6. The van der Waals surface area contributed by atoms with Gasteiger partial charge in [0, 0.05) is 22.5 Å². The largest absolute Gasteiger partial charge is 0.433 e. The van der Waals surface area contributed by atoms with Gasteiger partial charge in [-0.25, -0.2) is 13.9 Å². The van der Waals surface area contributed by atoms with Crippen LogP contribution in [0.5, 0.6) is 0 Å². The first-order chi connectivity index (χ1) is 15.5. The number of hydrogen-bond acceptors (Lipinski definition) is 4. The monoisotopic (exact) mass is 608 g/mol. The van der Waals surface area contributed by atoms with Gasteiger partial charge in [-0.05, 0) is 57.0 Å². The molecule has 3 heterocycles. The number of carbonyl (C=O) groups excluding carboxylic acids is 1. The molecule has 3 aromatic heterocycles. The highest BCUT2D eigenvalue weighted by molar-refractivity contribution is 9.11. The second-order valence-corrected chi connectivity index (χ2v) is 8.91. The summed E-state index contributed by atoms with van der Waals surface area (Å²) >= 11 is 12.4. The number of alkyl halides is 3. The van der Waals surface area contributed by atoms with Crippen LogP contribution in [0.2, 0.25) is 5.02 Å². The van der Waals surface area contributed by atoms with E-state index in [0.29, 0.717) is 8.99 Å². The molecule has 0 aliphatic heterocycles. The zero-order chi connectivity index (χ0) is 24.1. The Hall–Kier alpha value is -2.51. The van der Waals surface area contributed by atoms with E-state index < -0.39 is 23.6 Å². The molecule has 0 fully saturated rings. The van der Waals surface area contributed by atoms with Crippen molar-refractivity contribution >= 4 is 60.8 Å². The van der Waals surface area contributed by atoms with Gasteiger partial charge in [-0.3, -0.25) is 9.48 Å². The van der Waals surface area contributed by atoms with Gasteiger partial charge in [0.05, 0.1) is 15.5 Å². The second-order valence-electron chi connectivity index (χ2n) is 6.86. The number of anilines is 1. The van der Waals surface area contributed by atoms with Crippen LogP contribution < -0.4 is 5.32 Å². The smallest absolute Gasteiger partial charge is 0.303 e. The Morgan fingerprint density at radius 3 is 2.64 bits per heavy atom. The third-order valence-electron chi connectivity index (χ3n) is 4.50. The molecular weight excluding hydrogens is 600 g/mol. The molecule has 0 aliphatic carbocycles. The van der Waals surface area contributed by atoms with Crippen LogP contribution in [0, 0.1) is 12.7 Å². The standard InChI is InChI=1S/C19H11Br2ClF4N6O/c1-8-5-13(19(24,25)26)32-17(27-8)14(21)15(29-32)18(33)28-16-10(20)7-31(30-16)6-9-11(22)3-2-4-12(9)23/h2-5,7H,6H2,1H3,(H,28,30,33). The Labute approximate surface area is 205 Å². The molecule has 0 bridgehead atoms. The summed E-state index contributed by atoms with van der Waals surface area (Å²) in [7, 11) is 0. The van der Waals surface area contributed by atoms with Crippen LogP contribution in [-0.2, 0) is 12.7 Å². The summed E-state index contributed by atoms with van der Waals surface area (Å²) in [6.45, 7) is 1.39. The number of benzene rings is 1. The maximum atomic E-state index is 14.1. The summed E-state index contributed by atoms with van der Waals surface area (Å²) in [4.78, 5) is 16.8. The van der Waals surface area contributed by atoms with Crippen molar-refractivity contribution in [1.82, 2.24) is 24.4 Å². The van der Waals surface area contributed by atoms with Gasteiger partial charge >= 0.3 is 6.18 Å². The number of nitrogens with one attached hydrogen (secondary N) is 1. The quantitative estimate of drug-likeness (QED) is 0.294. The molecule has 0 saturated heterocycles. The van der Waals surface area contributed by atoms with Crippen LogP contribution in [0.25, 0.3) is 5.65 Å². The number of aromatic nitrogens is 5. The van der Waals surface area contributed by atoms with Gasteiger partial charge in [-0.1, -0.05) is 17.7 Å². The van der Waals surface area contributed by atoms with E-state index in [4.69, 9.17) is 11.6 Å². The fourth-order valence-electron chi connectivity index (χ4n) is 3.03. The van der Waals surface area contributed by atoms with Gasteiger partial charge < -0.3 is 5.32 Å². The van der Waals surface area contributed by atoms with Crippen molar-refractivity contribution in [2.24, 2.45) is 0 Å². The number of amides is 1. The zero-order valence-corrected chi connectivity index (χ0v) is 20.3. The number of aryl methyl sites for hydroxylation is 1. The maximum absolute atomic E-state index is 14.1. The Balaban J connectivity index is 1.65. The van der Waals surface area contributed by atoms with Gasteiger partial charge in [0.1, 0.15) is 11.5 Å². The summed E-state index contributed by atoms with van der Waals surface area (Å²) in [5, 5.41) is 10.7. The third-order valence-corrected chi connectivity index (χ3v) is 6.16. The molecule has 0 atom stereocenters. The van der Waals surface area contributed by atoms with Crippen molar-refractivity contribution in [2.45, 2.75) is 19.6 Å². The lowest BCUT2D eigenvalue weighted by Crippen LogP contribution is -2.16. The van der Waals surface area contributed by atoms with Crippen molar-refractivity contribution in [1.29, 1.82) is 0 Å². The minimum absolute atomic E-state index is 0.0112. The average Bonchev–Trinajstić information content (AvgIpc) is 3.23. The summed E-state index contributed by atoms with van der Waals surface area (Å²) in [6, 6.07) is 5.10. The van der Waals surface area contributed by atoms with Crippen molar-refractivity contribution in [2.75, 3.05) is 5.32 Å². The van der Waals surface area contributed by atoms with Crippen LogP contribution in [0.4, 0.5) is 23.4 Å². The van der Waals surface area contributed by atoms with Gasteiger partial charge in [0.25, 0.3) is 5.91 Å². The Morgan fingerprint density at radius 2 is 1.97 bits per heavy atom. The van der Waals surface area contributed by atoms with E-state index in [1.165, 1.54) is 36.0 Å². The highest BCUT2D eigenvalue weighted by atomic mass is 79.9. The van der Waals surface area contributed by atoms with Crippen LogP contribution in [0.15, 0.2) is 39.4 Å². The molecule has 0 unspecified atom stereocenters. The van der Waals surface area contributed by atoms with E-state index in [1.807, 2.05) is 0 Å². The molecule has 0 spiro atoms. The zero-order valence-electron chi connectivity index (χ0n) is 16.4. The lowest BCUT2D eigenvalue weighted by atomic mass is 10.2. The molecule has 4 aromatic rings. The van der Waals surface area contributed by atoms with Gasteiger partial charge in [0.15, 0.2) is 17.2 Å². The van der Waals surface area contributed by atoms with Crippen molar-refractivity contribution in [3.05, 3.63) is 72.9 Å². The number of rotatable bonds is 4. The van der Waals surface area contributed by atoms with Gasteiger partial charge in [-0.2, -0.15) is 23.4 Å². The van der Waals surface area contributed by atoms with E-state index in [2.05, 4.69) is 52.4 Å². The molecule has 7 nitrogen and oxygen atoms in total. The van der Waals surface area contributed by atoms with Crippen molar-refractivity contribution in [3.63, 3.8) is 0 Å². The van der Waals surface area contributed by atoms with E-state index in [0.717, 1.165) is 6.07 Å². The Kier molecular flexibility index (Phi) is 6.22. The van der Waals surface area contributed by atoms with E-state index in [-0.39, 0.29) is 44.5 Å². The minimum Gasteiger partial charge on any atom is -0.303 e. The normalized spacial score (nSPS) is 11.9. The highest BCUT2D eigenvalue weighted by Gasteiger charge is 2.36. The van der Waals surface area contributed by atoms with Crippen LogP contribution >= 0.6 is 43.5 Å². The van der Waals surface area contributed by atoms with Crippen molar-refractivity contribution < 1.29 is 22.4 Å². The number of hydrogen-bond donors (Lipinski definition) is 1. The van der Waals surface area contributed by atoms with E-state index in [9.17, 15) is 22.4 Å². The topological polar surface area (TPSA) is 77.1 Å². The molecule has 1 aromatic carbocycles. The summed E-state index contributed by atoms with van der Waals surface area (Å²) in [5.74, 6) is -1.29. The fourth-order valence-corrected chi connectivity index (χ4v) is 4.19. The molecule has 172 valence electrons. The number of nitrogens with zero attached hydrogens (tertiary/aromatic N) is 5. The van der Waals surface area contributed by atoms with Gasteiger partial charge in [-0.15, -0.1) is 0 Å². The molecule has 33 heavy (non-hydrogen) atoms. The molecule has 0 saturated carbocycles. The van der Waals surface area contributed by atoms with E-state index in [1.54, 1.807) is 0 Å². The average molecular weight is 611 g/mol. The lowest BCUT2D eigenvalue weighted by Gasteiger charge is -2.09. The molecular formula is C19H11Br2ClF4N6O. The molecule has 4 rings (SSSR count). The molecule has 1 amide bonds. The predicted octanol–water partition coefficient (Wildman–Crippen LogP) is 5.87. The lowest BCUT2D eigenvalue weighted by molar-refractivity contribution is -0.142. The van der Waals surface area contributed by atoms with Crippen LogP contribution in [0.3, 0.4) is 0 Å². The second kappa shape index (κ2) is 8.69.